The number of fused-ring (bicyclic) bond motifs is 5. The molecule has 56 heavy (non-hydrogen) atoms. The number of benzene rings is 3. The van der Waals surface area contributed by atoms with Crippen LogP contribution in [0.5, 0.6) is 0 Å². The van der Waals surface area contributed by atoms with Crippen LogP contribution in [0.1, 0.15) is 64.6 Å². The van der Waals surface area contributed by atoms with Crippen LogP contribution in [0.3, 0.4) is 0 Å². The quantitative estimate of drug-likeness (QED) is 0.154. The predicted molar refractivity (Wildman–Crippen MR) is 193 cm³/mol. The third-order valence-corrected chi connectivity index (χ3v) is 11.1. The summed E-state index contributed by atoms with van der Waals surface area (Å²) in [6.45, 7) is 1.70. The standard InChI is InChI=1S/C36H29ClF6N8O4S/c1-14-4-5-18-23(8-14)45-34(50(35(18)53)24-7-6-22(37)26-29(24)49(2)47-33(26)48-56(3,54)55)20(11-15-9-16(38)12-17(39)10-15)28(32(44)52)51-30-25(27(46-51)31(40)41)19-13-21(19)36(30,42)43/h4-10,12,19-21,28,31H,11,13H2,1-3H3,(H2,44,52)(H,47,48)/t19-,20-,21+,28?/m0/s1. The molecule has 8 rings (SSSR count). The molecule has 2 aliphatic carbocycles. The van der Waals surface area contributed by atoms with Crippen LogP contribution < -0.4 is 16.0 Å². The van der Waals surface area contributed by atoms with Gasteiger partial charge in [0.25, 0.3) is 17.9 Å². The monoisotopic (exact) mass is 818 g/mol. The SMILES string of the molecule is Cc1ccc2c(=O)n(-c3ccc(Cl)c4c(NS(C)(=O)=O)nn(C)c34)c([C@@H](Cc3cc(F)cc(F)c3)C(C(N)=O)n3nc(C(F)F)c4c3C(F)(F)[C@@H]3C[C@H]43)nc2c1. The molecular formula is C36H29ClF6N8O4S. The number of carbonyl (C=O) groups excluding carboxylic acids is 1. The molecule has 3 heterocycles. The molecule has 1 unspecified atom stereocenters. The van der Waals surface area contributed by atoms with Crippen molar-refractivity contribution < 1.29 is 39.6 Å². The van der Waals surface area contributed by atoms with E-state index in [1.54, 1.807) is 13.0 Å². The fraction of sp³-hybridized carbons (Fsp3) is 0.306. The summed E-state index contributed by atoms with van der Waals surface area (Å²) < 4.78 is 120. The van der Waals surface area contributed by atoms with Gasteiger partial charge in [-0.1, -0.05) is 17.7 Å². The van der Waals surface area contributed by atoms with E-state index < -0.39 is 92.6 Å². The Balaban J connectivity index is 1.49. The summed E-state index contributed by atoms with van der Waals surface area (Å²) in [5, 5.41) is 8.20. The Morgan fingerprint density at radius 1 is 1.09 bits per heavy atom. The van der Waals surface area contributed by atoms with Crippen molar-refractivity contribution in [3.05, 3.63) is 109 Å². The van der Waals surface area contributed by atoms with E-state index >= 15 is 8.78 Å². The second kappa shape index (κ2) is 12.8. The molecule has 0 bridgehead atoms. The molecule has 292 valence electrons. The number of aryl methyl sites for hydroxylation is 2. The molecule has 6 aromatic rings. The molecule has 2 aliphatic rings. The Hall–Kier alpha value is -5.43. The highest BCUT2D eigenvalue weighted by Gasteiger charge is 2.67. The summed E-state index contributed by atoms with van der Waals surface area (Å²) in [5.41, 5.74) is 3.43. The molecule has 1 saturated carbocycles. The molecule has 4 atom stereocenters. The zero-order valence-electron chi connectivity index (χ0n) is 29.4. The molecule has 3 N–H and O–H groups in total. The second-order valence-corrected chi connectivity index (χ2v) is 16.3. The van der Waals surface area contributed by atoms with Crippen molar-refractivity contribution in [3.8, 4) is 5.69 Å². The number of aromatic nitrogens is 6. The Labute approximate surface area is 317 Å². The third-order valence-electron chi connectivity index (χ3n) is 10.3. The van der Waals surface area contributed by atoms with Gasteiger partial charge in [0.2, 0.25) is 15.9 Å². The number of halogens is 7. The van der Waals surface area contributed by atoms with Crippen molar-refractivity contribution in [2.75, 3.05) is 11.0 Å². The number of primary amides is 1. The number of rotatable bonds is 10. The Morgan fingerprint density at radius 3 is 2.43 bits per heavy atom. The topological polar surface area (TPSA) is 160 Å². The smallest absolute Gasteiger partial charge is 0.293 e. The summed E-state index contributed by atoms with van der Waals surface area (Å²) in [4.78, 5) is 33.4. The number of nitrogens with zero attached hydrogens (tertiary/aromatic N) is 6. The van der Waals surface area contributed by atoms with Crippen molar-refractivity contribution in [1.29, 1.82) is 0 Å². The van der Waals surface area contributed by atoms with Crippen LogP contribution >= 0.6 is 11.6 Å². The third kappa shape index (κ3) is 5.98. The van der Waals surface area contributed by atoms with E-state index in [0.29, 0.717) is 16.3 Å². The lowest BCUT2D eigenvalue weighted by molar-refractivity contribution is -0.122. The minimum atomic E-state index is -3.93. The van der Waals surface area contributed by atoms with Crippen molar-refractivity contribution in [2.24, 2.45) is 18.7 Å². The summed E-state index contributed by atoms with van der Waals surface area (Å²) in [6, 6.07) is 7.60. The lowest BCUT2D eigenvalue weighted by Gasteiger charge is -2.30. The minimum Gasteiger partial charge on any atom is -0.368 e. The maximum Gasteiger partial charge on any atom is 0.293 e. The zero-order chi connectivity index (χ0) is 40.3. The average molecular weight is 819 g/mol. The second-order valence-electron chi connectivity index (χ2n) is 14.2. The Morgan fingerprint density at radius 2 is 1.79 bits per heavy atom. The van der Waals surface area contributed by atoms with Crippen LogP contribution in [-0.4, -0.2) is 49.7 Å². The number of amides is 1. The molecule has 0 radical (unpaired) electrons. The molecule has 0 saturated heterocycles. The normalized spacial score (nSPS) is 18.3. The number of hydrogen-bond acceptors (Lipinski definition) is 7. The number of hydrogen-bond donors (Lipinski definition) is 2. The first-order chi connectivity index (χ1) is 26.3. The lowest BCUT2D eigenvalue weighted by atomic mass is 9.89. The molecular weight excluding hydrogens is 790 g/mol. The fourth-order valence-electron chi connectivity index (χ4n) is 8.01. The summed E-state index contributed by atoms with van der Waals surface area (Å²) in [5.74, 6) is -11.8. The van der Waals surface area contributed by atoms with Gasteiger partial charge < -0.3 is 5.73 Å². The molecule has 3 aromatic carbocycles. The predicted octanol–water partition coefficient (Wildman–Crippen LogP) is 6.28. The maximum atomic E-state index is 16.1. The zero-order valence-corrected chi connectivity index (χ0v) is 30.9. The molecule has 20 heteroatoms. The summed E-state index contributed by atoms with van der Waals surface area (Å²) >= 11 is 6.58. The van der Waals surface area contributed by atoms with Gasteiger partial charge in [-0.2, -0.15) is 19.0 Å². The number of anilines is 1. The first-order valence-electron chi connectivity index (χ1n) is 17.0. The molecule has 1 amide bonds. The maximum absolute atomic E-state index is 16.1. The number of nitrogens with one attached hydrogen (secondary N) is 1. The van der Waals surface area contributed by atoms with E-state index in [-0.39, 0.29) is 56.1 Å². The number of nitrogens with two attached hydrogens (primary N) is 1. The van der Waals surface area contributed by atoms with Gasteiger partial charge in [-0.25, -0.2) is 35.6 Å². The molecule has 0 spiro atoms. The molecule has 0 aliphatic heterocycles. The highest BCUT2D eigenvalue weighted by molar-refractivity contribution is 7.92. The van der Waals surface area contributed by atoms with Crippen molar-refractivity contribution in [2.45, 2.75) is 50.0 Å². The van der Waals surface area contributed by atoms with E-state index in [0.717, 1.165) is 23.0 Å². The van der Waals surface area contributed by atoms with E-state index in [4.69, 9.17) is 22.3 Å². The van der Waals surface area contributed by atoms with Crippen LogP contribution in [0, 0.1) is 24.5 Å². The van der Waals surface area contributed by atoms with Gasteiger partial charge in [0.1, 0.15) is 34.9 Å². The van der Waals surface area contributed by atoms with Gasteiger partial charge in [-0.15, -0.1) is 0 Å². The molecule has 12 nitrogen and oxygen atoms in total. The van der Waals surface area contributed by atoms with Gasteiger partial charge in [0.05, 0.1) is 44.7 Å². The van der Waals surface area contributed by atoms with Crippen LogP contribution in [0.25, 0.3) is 27.5 Å². The first kappa shape index (κ1) is 37.5. The van der Waals surface area contributed by atoms with E-state index in [2.05, 4.69) is 14.9 Å². The average Bonchev–Trinajstić information content (AvgIpc) is 3.61. The van der Waals surface area contributed by atoms with E-state index in [1.165, 1.54) is 36.0 Å². The fourth-order valence-corrected chi connectivity index (χ4v) is 8.75. The van der Waals surface area contributed by atoms with Crippen LogP contribution in [0.2, 0.25) is 5.02 Å². The van der Waals surface area contributed by atoms with E-state index in [1.807, 2.05) is 0 Å². The number of carbonyl (C=O) groups is 1. The van der Waals surface area contributed by atoms with Crippen LogP contribution in [0.15, 0.2) is 53.3 Å². The van der Waals surface area contributed by atoms with Crippen LogP contribution in [0.4, 0.5) is 32.2 Å². The molecule has 3 aromatic heterocycles. The van der Waals surface area contributed by atoms with Crippen molar-refractivity contribution in [3.63, 3.8) is 0 Å². The van der Waals surface area contributed by atoms with Gasteiger partial charge >= 0.3 is 0 Å². The van der Waals surface area contributed by atoms with Crippen LogP contribution in [-0.2, 0) is 34.2 Å². The van der Waals surface area contributed by atoms with Gasteiger partial charge in [-0.3, -0.25) is 23.6 Å². The van der Waals surface area contributed by atoms with Gasteiger partial charge in [0, 0.05) is 24.6 Å². The van der Waals surface area contributed by atoms with Gasteiger partial charge in [-0.05, 0) is 73.2 Å². The lowest BCUT2D eigenvalue weighted by Crippen LogP contribution is -2.39. The number of alkyl halides is 4. The first-order valence-corrected chi connectivity index (χ1v) is 19.2. The summed E-state index contributed by atoms with van der Waals surface area (Å²) in [7, 11) is -2.51. The number of sulfonamides is 1. The largest absolute Gasteiger partial charge is 0.368 e. The van der Waals surface area contributed by atoms with E-state index in [9.17, 15) is 35.6 Å². The highest BCUT2D eigenvalue weighted by atomic mass is 35.5. The molecule has 1 fully saturated rings. The highest BCUT2D eigenvalue weighted by Crippen LogP contribution is 2.68. The Bertz CT molecular complexity index is 2820. The van der Waals surface area contributed by atoms with Gasteiger partial charge in [0.15, 0.2) is 5.82 Å². The van der Waals surface area contributed by atoms with Crippen molar-refractivity contribution in [1.82, 2.24) is 29.1 Å². The minimum absolute atomic E-state index is 0.00352. The van der Waals surface area contributed by atoms with Crippen molar-refractivity contribution >= 4 is 55.2 Å². The Kier molecular flexibility index (Phi) is 8.57. The summed E-state index contributed by atoms with van der Waals surface area (Å²) in [6.07, 6.45) is -3.15.